The van der Waals surface area contributed by atoms with Crippen LogP contribution in [0, 0.1) is 0 Å². The number of anilines is 1. The summed E-state index contributed by atoms with van der Waals surface area (Å²) >= 11 is 1.72. The van der Waals surface area contributed by atoms with Crippen molar-refractivity contribution >= 4 is 22.8 Å². The van der Waals surface area contributed by atoms with Crippen LogP contribution in [0.4, 0.5) is 5.82 Å². The van der Waals surface area contributed by atoms with E-state index >= 15 is 0 Å². The third kappa shape index (κ3) is 2.64. The van der Waals surface area contributed by atoms with Crippen LogP contribution in [0.25, 0.3) is 16.9 Å². The summed E-state index contributed by atoms with van der Waals surface area (Å²) < 4.78 is 1.99. The Balaban J connectivity index is 1.79. The summed E-state index contributed by atoms with van der Waals surface area (Å²) in [5.74, 6) is 1.16. The fourth-order valence-electron chi connectivity index (χ4n) is 2.48. The van der Waals surface area contributed by atoms with Crippen molar-refractivity contribution in [1.29, 1.82) is 0 Å². The van der Waals surface area contributed by atoms with Gasteiger partial charge in [0.1, 0.15) is 17.3 Å². The fourth-order valence-corrected chi connectivity index (χ4v) is 3.12. The van der Waals surface area contributed by atoms with Crippen LogP contribution in [-0.2, 0) is 6.54 Å². The second-order valence-electron chi connectivity index (χ2n) is 5.09. The van der Waals surface area contributed by atoms with Gasteiger partial charge in [-0.1, -0.05) is 6.07 Å². The number of nitrogens with one attached hydrogen (secondary N) is 1. The van der Waals surface area contributed by atoms with Crippen LogP contribution in [0.5, 0.6) is 5.75 Å². The fraction of sp³-hybridized carbons (Fsp3) is 0.0588. The first-order valence-corrected chi connectivity index (χ1v) is 8.07. The van der Waals surface area contributed by atoms with Gasteiger partial charge in [0.25, 0.3) is 0 Å². The second-order valence-corrected chi connectivity index (χ2v) is 6.13. The summed E-state index contributed by atoms with van der Waals surface area (Å²) in [5.41, 5.74) is 2.57. The van der Waals surface area contributed by atoms with Gasteiger partial charge in [0.15, 0.2) is 5.65 Å². The molecule has 3 aromatic heterocycles. The zero-order valence-corrected chi connectivity index (χ0v) is 13.0. The number of imidazole rings is 1. The minimum absolute atomic E-state index is 0.243. The SMILES string of the molecule is Oc1ccc(-c2nc3cnccn3c2NCc2cccs2)cc1. The van der Waals surface area contributed by atoms with E-state index in [-0.39, 0.29) is 5.75 Å². The van der Waals surface area contributed by atoms with Crippen LogP contribution in [0.1, 0.15) is 4.88 Å². The lowest BCUT2D eigenvalue weighted by Gasteiger charge is -2.08. The lowest BCUT2D eigenvalue weighted by Crippen LogP contribution is -2.02. The molecular weight excluding hydrogens is 308 g/mol. The van der Waals surface area contributed by atoms with Crippen LogP contribution in [-0.4, -0.2) is 19.5 Å². The summed E-state index contributed by atoms with van der Waals surface area (Å²) in [4.78, 5) is 10.1. The molecule has 4 rings (SSSR count). The molecule has 3 heterocycles. The Kier molecular flexibility index (Phi) is 3.44. The van der Waals surface area contributed by atoms with E-state index < -0.39 is 0 Å². The van der Waals surface area contributed by atoms with E-state index in [0.29, 0.717) is 0 Å². The van der Waals surface area contributed by atoms with Crippen LogP contribution in [0.2, 0.25) is 0 Å². The summed E-state index contributed by atoms with van der Waals surface area (Å²) in [7, 11) is 0. The molecule has 1 aromatic carbocycles. The van der Waals surface area contributed by atoms with Gasteiger partial charge in [-0.05, 0) is 35.7 Å². The number of phenols is 1. The van der Waals surface area contributed by atoms with Gasteiger partial charge in [0, 0.05) is 22.8 Å². The van der Waals surface area contributed by atoms with E-state index in [0.717, 1.165) is 29.3 Å². The highest BCUT2D eigenvalue weighted by atomic mass is 32.1. The number of hydrogen-bond donors (Lipinski definition) is 2. The number of nitrogens with zero attached hydrogens (tertiary/aromatic N) is 3. The Bertz CT molecular complexity index is 929. The molecule has 0 aliphatic rings. The minimum atomic E-state index is 0.243. The molecule has 2 N–H and O–H groups in total. The van der Waals surface area contributed by atoms with Crippen molar-refractivity contribution in [2.45, 2.75) is 6.54 Å². The summed E-state index contributed by atoms with van der Waals surface area (Å²) in [5, 5.41) is 15.0. The Morgan fingerprint density at radius 2 is 2.04 bits per heavy atom. The van der Waals surface area contributed by atoms with Crippen LogP contribution < -0.4 is 5.32 Å². The number of hydrogen-bond acceptors (Lipinski definition) is 5. The first-order chi connectivity index (χ1) is 11.3. The third-order valence-corrected chi connectivity index (χ3v) is 4.46. The average Bonchev–Trinajstić information content (AvgIpc) is 3.21. The Morgan fingerprint density at radius 3 is 2.83 bits per heavy atom. The zero-order valence-electron chi connectivity index (χ0n) is 12.2. The van der Waals surface area contributed by atoms with Gasteiger partial charge in [-0.2, -0.15) is 0 Å². The van der Waals surface area contributed by atoms with E-state index in [4.69, 9.17) is 0 Å². The molecule has 6 heteroatoms. The van der Waals surface area contributed by atoms with E-state index in [1.165, 1.54) is 4.88 Å². The van der Waals surface area contributed by atoms with E-state index in [1.807, 2.05) is 28.8 Å². The van der Waals surface area contributed by atoms with Crippen molar-refractivity contribution in [2.75, 3.05) is 5.32 Å². The van der Waals surface area contributed by atoms with Gasteiger partial charge >= 0.3 is 0 Å². The predicted molar refractivity (Wildman–Crippen MR) is 91.7 cm³/mol. The Labute approximate surface area is 136 Å². The number of benzene rings is 1. The number of fused-ring (bicyclic) bond motifs is 1. The molecule has 0 fully saturated rings. The van der Waals surface area contributed by atoms with Gasteiger partial charge in [-0.25, -0.2) is 4.98 Å². The Morgan fingerprint density at radius 1 is 1.17 bits per heavy atom. The molecule has 0 saturated heterocycles. The highest BCUT2D eigenvalue weighted by Crippen LogP contribution is 2.30. The largest absolute Gasteiger partial charge is 0.508 e. The van der Waals surface area contributed by atoms with Gasteiger partial charge in [-0.15, -0.1) is 11.3 Å². The molecule has 0 unspecified atom stereocenters. The molecule has 0 bridgehead atoms. The molecule has 114 valence electrons. The maximum absolute atomic E-state index is 9.49. The van der Waals surface area contributed by atoms with Crippen molar-refractivity contribution in [2.24, 2.45) is 0 Å². The van der Waals surface area contributed by atoms with E-state index in [1.54, 1.807) is 35.9 Å². The molecule has 0 amide bonds. The number of aromatic nitrogens is 3. The second kappa shape index (κ2) is 5.73. The standard InChI is InChI=1S/C17H14N4OS/c22-13-5-3-12(4-6-13)16-17(19-10-14-2-1-9-23-14)21-8-7-18-11-15(21)20-16/h1-9,11,19,22H,10H2. The molecule has 5 nitrogen and oxygen atoms in total. The van der Waals surface area contributed by atoms with Gasteiger partial charge in [0.2, 0.25) is 0 Å². The highest BCUT2D eigenvalue weighted by Gasteiger charge is 2.14. The number of rotatable bonds is 4. The first-order valence-electron chi connectivity index (χ1n) is 7.19. The van der Waals surface area contributed by atoms with Gasteiger partial charge < -0.3 is 10.4 Å². The summed E-state index contributed by atoms with van der Waals surface area (Å²) in [6.45, 7) is 0.735. The molecule has 0 spiro atoms. The van der Waals surface area contributed by atoms with Crippen molar-refractivity contribution in [3.05, 3.63) is 65.2 Å². The molecule has 0 aliphatic heterocycles. The first kappa shape index (κ1) is 13.8. The molecule has 23 heavy (non-hydrogen) atoms. The molecular formula is C17H14N4OS. The van der Waals surface area contributed by atoms with Gasteiger partial charge in [-0.3, -0.25) is 9.38 Å². The molecule has 0 aliphatic carbocycles. The molecule has 0 atom stereocenters. The number of thiophene rings is 1. The normalized spacial score (nSPS) is 11.0. The molecule has 0 saturated carbocycles. The summed E-state index contributed by atoms with van der Waals surface area (Å²) in [6, 6.07) is 11.2. The smallest absolute Gasteiger partial charge is 0.157 e. The van der Waals surface area contributed by atoms with Crippen molar-refractivity contribution in [3.8, 4) is 17.0 Å². The van der Waals surface area contributed by atoms with E-state index in [9.17, 15) is 5.11 Å². The lowest BCUT2D eigenvalue weighted by molar-refractivity contribution is 0.475. The number of phenolic OH excluding ortho intramolecular Hbond substituents is 1. The molecule has 4 aromatic rings. The van der Waals surface area contributed by atoms with Crippen LogP contribution in [0.15, 0.2) is 60.4 Å². The Hall–Kier alpha value is -2.86. The minimum Gasteiger partial charge on any atom is -0.508 e. The highest BCUT2D eigenvalue weighted by molar-refractivity contribution is 7.09. The van der Waals surface area contributed by atoms with Crippen LogP contribution >= 0.6 is 11.3 Å². The van der Waals surface area contributed by atoms with Crippen molar-refractivity contribution in [3.63, 3.8) is 0 Å². The quantitative estimate of drug-likeness (QED) is 0.600. The van der Waals surface area contributed by atoms with Crippen LogP contribution in [0.3, 0.4) is 0 Å². The zero-order chi connectivity index (χ0) is 15.6. The number of aromatic hydroxyl groups is 1. The lowest BCUT2D eigenvalue weighted by atomic mass is 10.1. The maximum atomic E-state index is 9.49. The van der Waals surface area contributed by atoms with Crippen molar-refractivity contribution in [1.82, 2.24) is 14.4 Å². The maximum Gasteiger partial charge on any atom is 0.157 e. The predicted octanol–water partition coefficient (Wildman–Crippen LogP) is 3.78. The molecule has 0 radical (unpaired) electrons. The van der Waals surface area contributed by atoms with Gasteiger partial charge in [0.05, 0.1) is 12.7 Å². The third-order valence-electron chi connectivity index (χ3n) is 3.58. The topological polar surface area (TPSA) is 62.5 Å². The average molecular weight is 322 g/mol. The summed E-state index contributed by atoms with van der Waals surface area (Å²) in [6.07, 6.45) is 5.37. The monoisotopic (exact) mass is 322 g/mol. The van der Waals surface area contributed by atoms with E-state index in [2.05, 4.69) is 26.7 Å². The van der Waals surface area contributed by atoms with Crippen molar-refractivity contribution < 1.29 is 5.11 Å².